The molecule has 10 heavy (non-hydrogen) atoms. The third-order valence-electron chi connectivity index (χ3n) is 1.60. The highest BCUT2D eigenvalue weighted by Crippen LogP contribution is 1.97. The van der Waals surface area contributed by atoms with Crippen LogP contribution in [0.1, 0.15) is 6.42 Å². The molecule has 0 fully saturated rings. The second kappa shape index (κ2) is 4.63. The van der Waals surface area contributed by atoms with E-state index >= 15 is 0 Å². The summed E-state index contributed by atoms with van der Waals surface area (Å²) in [7, 11) is 3.98. The van der Waals surface area contributed by atoms with Gasteiger partial charge in [-0.25, -0.2) is 0 Å². The fourth-order valence-electron chi connectivity index (χ4n) is 0.870. The largest absolute Gasteiger partial charge is 0.391 e. The quantitative estimate of drug-likeness (QED) is 0.561. The first kappa shape index (κ1) is 9.85. The van der Waals surface area contributed by atoms with Crippen LogP contribution in [0.25, 0.3) is 0 Å². The van der Waals surface area contributed by atoms with Crippen molar-refractivity contribution in [3.8, 4) is 0 Å². The van der Waals surface area contributed by atoms with Crippen LogP contribution in [-0.4, -0.2) is 50.1 Å². The van der Waals surface area contributed by atoms with Crippen LogP contribution in [0.15, 0.2) is 0 Å². The molecule has 0 heterocycles. The molecule has 0 aliphatic carbocycles. The van der Waals surface area contributed by atoms with Crippen molar-refractivity contribution in [2.45, 2.75) is 6.42 Å². The van der Waals surface area contributed by atoms with Gasteiger partial charge in [0.1, 0.15) is 6.54 Å². The zero-order chi connectivity index (χ0) is 8.04. The van der Waals surface area contributed by atoms with Crippen molar-refractivity contribution >= 4 is 0 Å². The average Bonchev–Trinajstić information content (AvgIpc) is 1.84. The van der Waals surface area contributed by atoms with Gasteiger partial charge in [0, 0.05) is 6.42 Å². The third kappa shape index (κ3) is 4.70. The Morgan fingerprint density at radius 1 is 1.30 bits per heavy atom. The molecular formula is C7H17FNO+. The molecule has 0 radical (unpaired) electrons. The zero-order valence-electron chi connectivity index (χ0n) is 6.81. The highest BCUT2D eigenvalue weighted by molar-refractivity contribution is 4.34. The Morgan fingerprint density at radius 3 is 2.30 bits per heavy atom. The molecule has 62 valence electrons. The normalized spacial score (nSPS) is 12.0. The van der Waals surface area contributed by atoms with E-state index in [1.54, 1.807) is 0 Å². The van der Waals surface area contributed by atoms with Crippen molar-refractivity contribution in [3.63, 3.8) is 0 Å². The van der Waals surface area contributed by atoms with Crippen LogP contribution in [0, 0.1) is 0 Å². The van der Waals surface area contributed by atoms with Gasteiger partial charge in [0.2, 0.25) is 0 Å². The van der Waals surface area contributed by atoms with Crippen molar-refractivity contribution in [1.29, 1.82) is 0 Å². The lowest BCUT2D eigenvalue weighted by Crippen LogP contribution is -2.42. The van der Waals surface area contributed by atoms with Crippen molar-refractivity contribution in [3.05, 3.63) is 0 Å². The Labute approximate surface area is 61.9 Å². The SMILES string of the molecule is C[N+](C)(CCO)CCC[18F]. The van der Waals surface area contributed by atoms with E-state index in [1.165, 1.54) is 0 Å². The predicted molar refractivity (Wildman–Crippen MR) is 39.5 cm³/mol. The maximum Gasteiger partial charge on any atom is 0.102 e. The van der Waals surface area contributed by atoms with Crippen molar-refractivity contribution < 1.29 is 14.0 Å². The first-order valence-corrected chi connectivity index (χ1v) is 3.61. The molecule has 2 nitrogen and oxygen atoms in total. The van der Waals surface area contributed by atoms with Gasteiger partial charge in [-0.15, -0.1) is 0 Å². The van der Waals surface area contributed by atoms with E-state index in [4.69, 9.17) is 5.11 Å². The summed E-state index contributed by atoms with van der Waals surface area (Å²) in [6, 6.07) is 0. The Bertz CT molecular complexity index is 85.7. The summed E-state index contributed by atoms with van der Waals surface area (Å²) in [5.74, 6) is 0. The van der Waals surface area contributed by atoms with Gasteiger partial charge in [-0.2, -0.15) is 0 Å². The summed E-state index contributed by atoms with van der Waals surface area (Å²) in [5.41, 5.74) is 0. The molecule has 1 N–H and O–H groups in total. The van der Waals surface area contributed by atoms with E-state index < -0.39 is 0 Å². The molecule has 0 aromatic carbocycles. The molecule has 0 saturated carbocycles. The minimum absolute atomic E-state index is 0.180. The molecule has 0 atom stereocenters. The van der Waals surface area contributed by atoms with E-state index in [0.29, 0.717) is 17.4 Å². The van der Waals surface area contributed by atoms with E-state index in [2.05, 4.69) is 0 Å². The van der Waals surface area contributed by atoms with E-state index in [1.807, 2.05) is 14.1 Å². The zero-order valence-corrected chi connectivity index (χ0v) is 6.81. The third-order valence-corrected chi connectivity index (χ3v) is 1.60. The number of likely N-dealkylation sites (N-methyl/N-ethyl adjacent to an activating group) is 1. The number of hydrogen-bond donors (Lipinski definition) is 1. The van der Waals surface area contributed by atoms with Gasteiger partial charge in [0.05, 0.1) is 33.9 Å². The number of halogens is 1. The van der Waals surface area contributed by atoms with Gasteiger partial charge in [0.25, 0.3) is 0 Å². The summed E-state index contributed by atoms with van der Waals surface area (Å²) >= 11 is 0. The van der Waals surface area contributed by atoms with Crippen molar-refractivity contribution in [1.82, 2.24) is 0 Å². The Morgan fingerprint density at radius 2 is 1.90 bits per heavy atom. The molecule has 0 saturated heterocycles. The van der Waals surface area contributed by atoms with Gasteiger partial charge in [-0.05, 0) is 0 Å². The summed E-state index contributed by atoms with van der Waals surface area (Å²) in [5, 5.41) is 8.59. The number of quaternary nitrogens is 1. The Balaban J connectivity index is 3.42. The minimum Gasteiger partial charge on any atom is -0.391 e. The molecule has 3 heteroatoms. The Hall–Kier alpha value is -0.150. The average molecular weight is 149 g/mol. The van der Waals surface area contributed by atoms with Crippen LogP contribution in [-0.2, 0) is 0 Å². The van der Waals surface area contributed by atoms with Crippen LogP contribution >= 0.6 is 0 Å². The molecule has 0 rings (SSSR count). The van der Waals surface area contributed by atoms with E-state index in [9.17, 15) is 4.39 Å². The maximum absolute atomic E-state index is 11.7. The number of hydrogen-bond acceptors (Lipinski definition) is 1. The molecule has 0 aliphatic heterocycles. The number of alkyl halides is 1. The van der Waals surface area contributed by atoms with Gasteiger partial charge in [-0.3, -0.25) is 4.39 Å². The monoisotopic (exact) mass is 149 g/mol. The fourth-order valence-corrected chi connectivity index (χ4v) is 0.870. The van der Waals surface area contributed by atoms with Crippen LogP contribution in [0.3, 0.4) is 0 Å². The number of aliphatic hydroxyl groups is 1. The molecule has 0 unspecified atom stereocenters. The predicted octanol–water partition coefficient (Wildman–Crippen LogP) is 0.415. The second-order valence-corrected chi connectivity index (χ2v) is 3.15. The number of nitrogens with zero attached hydrogens (tertiary/aromatic N) is 1. The number of aliphatic hydroxyl groups excluding tert-OH is 1. The highest BCUT2D eigenvalue weighted by atomic mass is 18.2. The molecule has 0 bridgehead atoms. The lowest BCUT2D eigenvalue weighted by Gasteiger charge is -2.28. The summed E-state index contributed by atoms with van der Waals surface area (Å²) in [6.07, 6.45) is 0.590. The van der Waals surface area contributed by atoms with Crippen LogP contribution in [0.5, 0.6) is 0 Å². The summed E-state index contributed by atoms with van der Waals surface area (Å²) < 4.78 is 12.4. The van der Waals surface area contributed by atoms with E-state index in [0.717, 1.165) is 6.54 Å². The standard InChI is InChI=1S/C7H17FNO/c1-9(2,6-7-10)5-3-4-8/h10H,3-7H2,1-2H3/q+1/i8-1. The summed E-state index contributed by atoms with van der Waals surface area (Å²) in [4.78, 5) is 0. The first-order chi connectivity index (χ1) is 4.62. The highest BCUT2D eigenvalue weighted by Gasteiger charge is 2.12. The van der Waals surface area contributed by atoms with Gasteiger partial charge in [-0.1, -0.05) is 0 Å². The maximum atomic E-state index is 11.7. The second-order valence-electron chi connectivity index (χ2n) is 3.15. The number of rotatable bonds is 5. The minimum atomic E-state index is -0.257. The van der Waals surface area contributed by atoms with Crippen LogP contribution < -0.4 is 0 Å². The van der Waals surface area contributed by atoms with Gasteiger partial charge < -0.3 is 9.59 Å². The van der Waals surface area contributed by atoms with Crippen molar-refractivity contribution in [2.75, 3.05) is 40.5 Å². The molecule has 0 amide bonds. The molecular weight excluding hydrogens is 132 g/mol. The van der Waals surface area contributed by atoms with E-state index in [-0.39, 0.29) is 13.3 Å². The molecule has 0 aliphatic rings. The summed E-state index contributed by atoms with van der Waals surface area (Å²) in [6.45, 7) is 1.43. The van der Waals surface area contributed by atoms with Gasteiger partial charge >= 0.3 is 0 Å². The lowest BCUT2D eigenvalue weighted by atomic mass is 10.3. The van der Waals surface area contributed by atoms with Crippen LogP contribution in [0.2, 0.25) is 0 Å². The first-order valence-electron chi connectivity index (χ1n) is 3.61. The molecule has 0 aromatic rings. The fraction of sp³-hybridized carbons (Fsp3) is 1.00. The Kier molecular flexibility index (Phi) is 4.56. The smallest absolute Gasteiger partial charge is 0.102 e. The topological polar surface area (TPSA) is 20.2 Å². The van der Waals surface area contributed by atoms with Gasteiger partial charge in [0.15, 0.2) is 0 Å². The van der Waals surface area contributed by atoms with Crippen LogP contribution in [0.4, 0.5) is 4.39 Å². The van der Waals surface area contributed by atoms with Crippen molar-refractivity contribution in [2.24, 2.45) is 0 Å². The lowest BCUT2D eigenvalue weighted by molar-refractivity contribution is -0.890. The molecule has 0 aromatic heterocycles. The molecule has 0 spiro atoms.